The first-order valence-corrected chi connectivity index (χ1v) is 9.75. The molecule has 0 aliphatic rings. The number of halogens is 2. The van der Waals surface area contributed by atoms with Crippen molar-refractivity contribution in [2.24, 2.45) is 0 Å². The first-order valence-electron chi connectivity index (χ1n) is 8.12. The highest BCUT2D eigenvalue weighted by molar-refractivity contribution is 7.12. The van der Waals surface area contributed by atoms with E-state index in [0.29, 0.717) is 26.5 Å². The lowest BCUT2D eigenvalue weighted by Gasteiger charge is -2.10. The zero-order chi connectivity index (χ0) is 19.7. The number of carbonyl (C=O) groups excluding carboxylic acids is 1. The van der Waals surface area contributed by atoms with Crippen LogP contribution >= 0.6 is 34.5 Å². The van der Waals surface area contributed by atoms with Gasteiger partial charge in [0.15, 0.2) is 5.01 Å². The first kappa shape index (κ1) is 18.6. The summed E-state index contributed by atoms with van der Waals surface area (Å²) in [5.41, 5.74) is 0.888. The van der Waals surface area contributed by atoms with Gasteiger partial charge in [-0.15, -0.1) is 11.3 Å². The van der Waals surface area contributed by atoms with E-state index in [9.17, 15) is 9.59 Å². The standard InChI is InChI=1S/C20H11Cl2N3O2S/c21-13-3-1-2-12(8-13)9-17(18(26)19-23-6-7-28-19)25-11-24-16-10-14(22)4-5-15(16)20(25)27/h1-11H/b17-9-. The third-order valence-electron chi connectivity index (χ3n) is 3.99. The topological polar surface area (TPSA) is 64.8 Å². The van der Waals surface area contributed by atoms with Crippen molar-refractivity contribution in [1.29, 1.82) is 0 Å². The van der Waals surface area contributed by atoms with E-state index in [1.807, 2.05) is 0 Å². The molecule has 4 rings (SSSR count). The van der Waals surface area contributed by atoms with Crippen molar-refractivity contribution in [2.75, 3.05) is 0 Å². The number of fused-ring (bicyclic) bond motifs is 1. The summed E-state index contributed by atoms with van der Waals surface area (Å²) in [5.74, 6) is -0.382. The van der Waals surface area contributed by atoms with E-state index in [-0.39, 0.29) is 22.0 Å². The van der Waals surface area contributed by atoms with Crippen LogP contribution in [0.3, 0.4) is 0 Å². The van der Waals surface area contributed by atoms with Crippen molar-refractivity contribution < 1.29 is 4.79 Å². The molecule has 0 atom stereocenters. The minimum atomic E-state index is -0.382. The molecule has 2 aromatic carbocycles. The van der Waals surface area contributed by atoms with Gasteiger partial charge in [-0.1, -0.05) is 35.3 Å². The maximum Gasteiger partial charge on any atom is 0.265 e. The fraction of sp³-hybridized carbons (Fsp3) is 0. The number of hydrogen-bond donors (Lipinski definition) is 0. The minimum absolute atomic E-state index is 0.131. The van der Waals surface area contributed by atoms with Crippen molar-refractivity contribution >= 4 is 63.0 Å². The summed E-state index contributed by atoms with van der Waals surface area (Å²) < 4.78 is 1.22. The number of aromatic nitrogens is 3. The number of nitrogens with zero attached hydrogens (tertiary/aromatic N) is 3. The second-order valence-electron chi connectivity index (χ2n) is 5.83. The van der Waals surface area contributed by atoms with Gasteiger partial charge in [0.25, 0.3) is 5.56 Å². The largest absolute Gasteiger partial charge is 0.284 e. The predicted octanol–water partition coefficient (Wildman–Crippen LogP) is 5.04. The molecule has 0 N–H and O–H groups in total. The Morgan fingerprint density at radius 3 is 2.64 bits per heavy atom. The molecular weight excluding hydrogens is 417 g/mol. The number of Topliss-reactive ketones (excluding diaryl/α,β-unsaturated/α-hetero) is 1. The highest BCUT2D eigenvalue weighted by Crippen LogP contribution is 2.21. The Hall–Kier alpha value is -2.80. The second kappa shape index (κ2) is 7.67. The van der Waals surface area contributed by atoms with Gasteiger partial charge in [-0.05, 0) is 42.0 Å². The highest BCUT2D eigenvalue weighted by atomic mass is 35.5. The molecule has 0 saturated heterocycles. The summed E-state index contributed by atoms with van der Waals surface area (Å²) >= 11 is 13.2. The van der Waals surface area contributed by atoms with Crippen molar-refractivity contribution in [2.45, 2.75) is 0 Å². The van der Waals surface area contributed by atoms with Crippen LogP contribution in [0.2, 0.25) is 10.0 Å². The molecule has 0 spiro atoms. The van der Waals surface area contributed by atoms with Crippen LogP contribution in [0.5, 0.6) is 0 Å². The van der Waals surface area contributed by atoms with Crippen LogP contribution in [0, 0.1) is 0 Å². The van der Waals surface area contributed by atoms with Crippen molar-refractivity contribution in [3.63, 3.8) is 0 Å². The Labute approximate surface area is 173 Å². The molecule has 0 aliphatic carbocycles. The number of thiazole rings is 1. The van der Waals surface area contributed by atoms with Crippen molar-refractivity contribution in [3.8, 4) is 0 Å². The van der Waals surface area contributed by atoms with Crippen molar-refractivity contribution in [1.82, 2.24) is 14.5 Å². The lowest BCUT2D eigenvalue weighted by atomic mass is 10.1. The van der Waals surface area contributed by atoms with Crippen molar-refractivity contribution in [3.05, 3.63) is 91.3 Å². The quantitative estimate of drug-likeness (QED) is 0.338. The Balaban J connectivity index is 1.94. The van der Waals surface area contributed by atoms with Gasteiger partial charge in [-0.2, -0.15) is 0 Å². The molecule has 0 radical (unpaired) electrons. The van der Waals surface area contributed by atoms with E-state index in [4.69, 9.17) is 23.2 Å². The normalized spacial score (nSPS) is 11.7. The lowest BCUT2D eigenvalue weighted by Crippen LogP contribution is -2.23. The van der Waals surface area contributed by atoms with Gasteiger partial charge in [0.05, 0.1) is 10.9 Å². The number of hydrogen-bond acceptors (Lipinski definition) is 5. The Morgan fingerprint density at radius 2 is 1.89 bits per heavy atom. The van der Waals surface area contributed by atoms with E-state index in [1.165, 1.54) is 28.4 Å². The first-order chi connectivity index (χ1) is 13.5. The summed E-state index contributed by atoms with van der Waals surface area (Å²) in [7, 11) is 0. The fourth-order valence-electron chi connectivity index (χ4n) is 2.71. The molecular formula is C20H11Cl2N3O2S. The Morgan fingerprint density at radius 1 is 1.07 bits per heavy atom. The van der Waals surface area contributed by atoms with E-state index in [1.54, 1.807) is 53.9 Å². The van der Waals surface area contributed by atoms with Crippen LogP contribution in [0.25, 0.3) is 22.7 Å². The fourth-order valence-corrected chi connectivity index (χ4v) is 3.66. The average Bonchev–Trinajstić information content (AvgIpc) is 3.21. The van der Waals surface area contributed by atoms with Gasteiger partial charge >= 0.3 is 0 Å². The summed E-state index contributed by atoms with van der Waals surface area (Å²) in [4.78, 5) is 34.5. The van der Waals surface area contributed by atoms with Gasteiger partial charge < -0.3 is 0 Å². The van der Waals surface area contributed by atoms with Gasteiger partial charge in [-0.3, -0.25) is 14.2 Å². The molecule has 2 heterocycles. The van der Waals surface area contributed by atoms with Crippen LogP contribution in [-0.4, -0.2) is 20.3 Å². The zero-order valence-corrected chi connectivity index (χ0v) is 16.5. The van der Waals surface area contributed by atoms with Crippen LogP contribution in [0.4, 0.5) is 0 Å². The maximum absolute atomic E-state index is 13.1. The highest BCUT2D eigenvalue weighted by Gasteiger charge is 2.19. The Kier molecular flexibility index (Phi) is 5.09. The molecule has 0 bridgehead atoms. The number of benzene rings is 2. The van der Waals surface area contributed by atoms with Gasteiger partial charge in [0.2, 0.25) is 5.78 Å². The third-order valence-corrected chi connectivity index (χ3v) is 5.23. The molecule has 0 saturated carbocycles. The third kappa shape index (κ3) is 3.62. The zero-order valence-electron chi connectivity index (χ0n) is 14.2. The molecule has 2 aromatic heterocycles. The molecule has 0 amide bonds. The second-order valence-corrected chi connectivity index (χ2v) is 7.60. The van der Waals surface area contributed by atoms with Crippen LogP contribution in [0.15, 0.2) is 65.2 Å². The van der Waals surface area contributed by atoms with Gasteiger partial charge in [0, 0.05) is 21.6 Å². The number of ketones is 1. The molecule has 4 aromatic rings. The van der Waals surface area contributed by atoms with Gasteiger partial charge in [0.1, 0.15) is 12.0 Å². The average molecular weight is 428 g/mol. The van der Waals surface area contributed by atoms with E-state index < -0.39 is 0 Å². The van der Waals surface area contributed by atoms with E-state index in [2.05, 4.69) is 9.97 Å². The summed E-state index contributed by atoms with van der Waals surface area (Å²) in [6, 6.07) is 11.8. The summed E-state index contributed by atoms with van der Waals surface area (Å²) in [6.07, 6.45) is 4.46. The van der Waals surface area contributed by atoms with Crippen LogP contribution in [0.1, 0.15) is 15.4 Å². The summed E-state index contributed by atoms with van der Waals surface area (Å²) in [6.45, 7) is 0. The Bertz CT molecular complexity index is 1280. The monoisotopic (exact) mass is 427 g/mol. The van der Waals surface area contributed by atoms with Crippen LogP contribution in [-0.2, 0) is 0 Å². The molecule has 8 heteroatoms. The molecule has 0 unspecified atom stereocenters. The number of allylic oxidation sites excluding steroid dienone is 1. The lowest BCUT2D eigenvalue weighted by molar-refractivity contribution is 0.105. The molecule has 5 nitrogen and oxygen atoms in total. The minimum Gasteiger partial charge on any atom is -0.284 e. The number of rotatable bonds is 4. The van der Waals surface area contributed by atoms with E-state index >= 15 is 0 Å². The van der Waals surface area contributed by atoms with Crippen LogP contribution < -0.4 is 5.56 Å². The SMILES string of the molecule is O=C(/C(=C/c1cccc(Cl)c1)n1cnc2cc(Cl)ccc2c1=O)c1nccs1. The molecule has 138 valence electrons. The smallest absolute Gasteiger partial charge is 0.265 e. The number of carbonyl (C=O) groups is 1. The molecule has 0 fully saturated rings. The summed E-state index contributed by atoms with van der Waals surface area (Å²) in [5, 5.41) is 3.33. The maximum atomic E-state index is 13.1. The predicted molar refractivity (Wildman–Crippen MR) is 113 cm³/mol. The van der Waals surface area contributed by atoms with E-state index in [0.717, 1.165) is 0 Å². The van der Waals surface area contributed by atoms with Gasteiger partial charge in [-0.25, -0.2) is 9.97 Å². The molecule has 28 heavy (non-hydrogen) atoms. The molecule has 0 aliphatic heterocycles.